The van der Waals surface area contributed by atoms with Crippen LogP contribution in [0.25, 0.3) is 10.8 Å². The Bertz CT molecular complexity index is 817. The van der Waals surface area contributed by atoms with Crippen LogP contribution < -0.4 is 10.1 Å². The van der Waals surface area contributed by atoms with Gasteiger partial charge in [-0.15, -0.1) is 0 Å². The molecule has 1 N–H and O–H groups in total. The van der Waals surface area contributed by atoms with Crippen molar-refractivity contribution < 1.29 is 9.47 Å². The number of hydrogen-bond acceptors (Lipinski definition) is 3. The number of aryl methyl sites for hydroxylation is 1. The molecule has 0 spiro atoms. The van der Waals surface area contributed by atoms with Crippen LogP contribution in [-0.4, -0.2) is 26.4 Å². The molecule has 0 aliphatic heterocycles. The van der Waals surface area contributed by atoms with Gasteiger partial charge in [-0.2, -0.15) is 0 Å². The van der Waals surface area contributed by atoms with Crippen molar-refractivity contribution in [3.63, 3.8) is 0 Å². The number of benzene rings is 3. The molecule has 3 heteroatoms. The van der Waals surface area contributed by atoms with Gasteiger partial charge in [0.1, 0.15) is 12.4 Å². The Morgan fingerprint density at radius 1 is 0.852 bits per heavy atom. The summed E-state index contributed by atoms with van der Waals surface area (Å²) >= 11 is 0. The SMILES string of the molecule is CCOCCOc1ccc2ccccc2c1CNCCCc1ccccc1. The van der Waals surface area contributed by atoms with Gasteiger partial charge >= 0.3 is 0 Å². The molecule has 3 aromatic carbocycles. The number of rotatable bonds is 11. The lowest BCUT2D eigenvalue weighted by Crippen LogP contribution is -2.17. The summed E-state index contributed by atoms with van der Waals surface area (Å²) in [4.78, 5) is 0. The Morgan fingerprint density at radius 2 is 1.67 bits per heavy atom. The molecule has 0 atom stereocenters. The Morgan fingerprint density at radius 3 is 2.52 bits per heavy atom. The van der Waals surface area contributed by atoms with E-state index in [4.69, 9.17) is 9.47 Å². The standard InChI is InChI=1S/C24H29NO2/c1-2-26-17-18-27-24-15-14-21-12-6-7-13-22(21)23(24)19-25-16-8-11-20-9-4-3-5-10-20/h3-7,9-10,12-15,25H,2,8,11,16-19H2,1H3. The van der Waals surface area contributed by atoms with E-state index in [2.05, 4.69) is 72.0 Å². The first-order valence-corrected chi connectivity index (χ1v) is 9.84. The minimum Gasteiger partial charge on any atom is -0.491 e. The normalized spacial score (nSPS) is 11.0. The van der Waals surface area contributed by atoms with Crippen LogP contribution in [0.15, 0.2) is 66.7 Å². The van der Waals surface area contributed by atoms with Crippen molar-refractivity contribution in [2.24, 2.45) is 0 Å². The highest BCUT2D eigenvalue weighted by molar-refractivity contribution is 5.87. The molecule has 3 aromatic rings. The predicted octanol–water partition coefficient (Wildman–Crippen LogP) is 4.98. The van der Waals surface area contributed by atoms with Crippen molar-refractivity contribution in [2.75, 3.05) is 26.4 Å². The van der Waals surface area contributed by atoms with E-state index in [1.165, 1.54) is 21.9 Å². The molecule has 0 radical (unpaired) electrons. The largest absolute Gasteiger partial charge is 0.491 e. The molecule has 142 valence electrons. The summed E-state index contributed by atoms with van der Waals surface area (Å²) in [5.41, 5.74) is 2.62. The first-order chi connectivity index (χ1) is 13.4. The minimum absolute atomic E-state index is 0.577. The van der Waals surface area contributed by atoms with E-state index in [0.717, 1.165) is 38.3 Å². The van der Waals surface area contributed by atoms with Crippen LogP contribution in [0.4, 0.5) is 0 Å². The lowest BCUT2D eigenvalue weighted by atomic mass is 10.0. The molecule has 27 heavy (non-hydrogen) atoms. The molecule has 0 heterocycles. The van der Waals surface area contributed by atoms with Crippen LogP contribution in [0.2, 0.25) is 0 Å². The van der Waals surface area contributed by atoms with Crippen molar-refractivity contribution in [3.8, 4) is 5.75 Å². The summed E-state index contributed by atoms with van der Waals surface area (Å²) < 4.78 is 11.4. The zero-order chi connectivity index (χ0) is 18.7. The van der Waals surface area contributed by atoms with Crippen LogP contribution in [0.1, 0.15) is 24.5 Å². The zero-order valence-corrected chi connectivity index (χ0v) is 16.1. The maximum absolute atomic E-state index is 6.01. The van der Waals surface area contributed by atoms with E-state index >= 15 is 0 Å². The maximum atomic E-state index is 6.01. The zero-order valence-electron chi connectivity index (χ0n) is 16.1. The molecule has 0 aliphatic rings. The van der Waals surface area contributed by atoms with Crippen LogP contribution in [-0.2, 0) is 17.7 Å². The van der Waals surface area contributed by atoms with E-state index in [9.17, 15) is 0 Å². The molecular formula is C24H29NO2. The monoisotopic (exact) mass is 363 g/mol. The van der Waals surface area contributed by atoms with Crippen LogP contribution in [0.3, 0.4) is 0 Å². The predicted molar refractivity (Wildman–Crippen MR) is 112 cm³/mol. The van der Waals surface area contributed by atoms with Crippen molar-refractivity contribution in [1.29, 1.82) is 0 Å². The van der Waals surface area contributed by atoms with Gasteiger partial charge in [0.05, 0.1) is 6.61 Å². The topological polar surface area (TPSA) is 30.5 Å². The highest BCUT2D eigenvalue weighted by Gasteiger charge is 2.09. The number of ether oxygens (including phenoxy) is 2. The Balaban J connectivity index is 1.60. The summed E-state index contributed by atoms with van der Waals surface area (Å²) in [6.45, 7) is 5.70. The van der Waals surface area contributed by atoms with Crippen molar-refractivity contribution in [1.82, 2.24) is 5.32 Å². The Labute approximate surface area is 162 Å². The van der Waals surface area contributed by atoms with E-state index in [0.29, 0.717) is 13.2 Å². The quantitative estimate of drug-likeness (QED) is 0.488. The fourth-order valence-electron chi connectivity index (χ4n) is 3.26. The molecule has 0 bridgehead atoms. The molecule has 0 aliphatic carbocycles. The average molecular weight is 364 g/mol. The highest BCUT2D eigenvalue weighted by atomic mass is 16.5. The summed E-state index contributed by atoms with van der Waals surface area (Å²) in [6.07, 6.45) is 2.22. The lowest BCUT2D eigenvalue weighted by molar-refractivity contribution is 0.110. The van der Waals surface area contributed by atoms with Gasteiger partial charge in [-0.05, 0) is 48.7 Å². The third-order valence-electron chi connectivity index (χ3n) is 4.65. The lowest BCUT2D eigenvalue weighted by Gasteiger charge is -2.15. The van der Waals surface area contributed by atoms with Crippen LogP contribution in [0.5, 0.6) is 5.75 Å². The van der Waals surface area contributed by atoms with Gasteiger partial charge in [-0.25, -0.2) is 0 Å². The third kappa shape index (κ3) is 5.81. The van der Waals surface area contributed by atoms with Crippen LogP contribution in [0, 0.1) is 0 Å². The van der Waals surface area contributed by atoms with E-state index in [-0.39, 0.29) is 0 Å². The molecule has 0 saturated heterocycles. The van der Waals surface area contributed by atoms with Crippen molar-refractivity contribution in [2.45, 2.75) is 26.3 Å². The maximum Gasteiger partial charge on any atom is 0.124 e. The fraction of sp³-hybridized carbons (Fsp3) is 0.333. The molecular weight excluding hydrogens is 334 g/mol. The first-order valence-electron chi connectivity index (χ1n) is 9.84. The second-order valence-corrected chi connectivity index (χ2v) is 6.57. The van der Waals surface area contributed by atoms with Gasteiger partial charge in [0.15, 0.2) is 0 Å². The summed E-state index contributed by atoms with van der Waals surface area (Å²) in [6, 6.07) is 23.3. The minimum atomic E-state index is 0.577. The fourth-order valence-corrected chi connectivity index (χ4v) is 3.26. The first kappa shape index (κ1) is 19.4. The molecule has 0 saturated carbocycles. The summed E-state index contributed by atoms with van der Waals surface area (Å²) in [5.74, 6) is 0.948. The summed E-state index contributed by atoms with van der Waals surface area (Å²) in [7, 11) is 0. The number of fused-ring (bicyclic) bond motifs is 1. The van der Waals surface area contributed by atoms with E-state index in [1.807, 2.05) is 6.92 Å². The van der Waals surface area contributed by atoms with E-state index < -0.39 is 0 Å². The van der Waals surface area contributed by atoms with Gasteiger partial charge in [0.2, 0.25) is 0 Å². The molecule has 0 fully saturated rings. The second-order valence-electron chi connectivity index (χ2n) is 6.57. The Hall–Kier alpha value is -2.36. The molecule has 3 rings (SSSR count). The Kier molecular flexibility index (Phi) is 7.69. The van der Waals surface area contributed by atoms with Crippen molar-refractivity contribution >= 4 is 10.8 Å². The number of hydrogen-bond donors (Lipinski definition) is 1. The van der Waals surface area contributed by atoms with Crippen molar-refractivity contribution in [3.05, 3.63) is 77.9 Å². The average Bonchev–Trinajstić information content (AvgIpc) is 2.72. The molecule has 3 nitrogen and oxygen atoms in total. The number of nitrogens with one attached hydrogen (secondary N) is 1. The van der Waals surface area contributed by atoms with E-state index in [1.54, 1.807) is 0 Å². The van der Waals surface area contributed by atoms with Gasteiger partial charge in [-0.1, -0.05) is 60.7 Å². The van der Waals surface area contributed by atoms with Gasteiger partial charge in [-0.3, -0.25) is 0 Å². The third-order valence-corrected chi connectivity index (χ3v) is 4.65. The second kappa shape index (κ2) is 10.7. The summed E-state index contributed by atoms with van der Waals surface area (Å²) in [5, 5.41) is 6.09. The molecule has 0 amide bonds. The molecule has 0 aromatic heterocycles. The van der Waals surface area contributed by atoms with Gasteiger partial charge in [0, 0.05) is 18.7 Å². The van der Waals surface area contributed by atoms with Gasteiger partial charge in [0.25, 0.3) is 0 Å². The highest BCUT2D eigenvalue weighted by Crippen LogP contribution is 2.28. The molecule has 0 unspecified atom stereocenters. The smallest absolute Gasteiger partial charge is 0.124 e. The van der Waals surface area contributed by atoms with Crippen LogP contribution >= 0.6 is 0 Å². The van der Waals surface area contributed by atoms with Gasteiger partial charge < -0.3 is 14.8 Å².